The topological polar surface area (TPSA) is 190 Å². The lowest BCUT2D eigenvalue weighted by atomic mass is 10.2. The van der Waals surface area contributed by atoms with E-state index in [0.717, 1.165) is 38.7 Å². The van der Waals surface area contributed by atoms with Crippen molar-refractivity contribution < 1.29 is 32.2 Å². The first-order valence-electron chi connectivity index (χ1n) is 14.6. The third-order valence-electron chi connectivity index (χ3n) is 5.94. The van der Waals surface area contributed by atoms with Gasteiger partial charge in [-0.2, -0.15) is 9.36 Å². The summed E-state index contributed by atoms with van der Waals surface area (Å²) in [6.45, 7) is 8.24. The first-order valence-corrected chi connectivity index (χ1v) is 18.0. The molecule has 0 saturated carbocycles. The first kappa shape index (κ1) is 36.2. The number of para-hydroxylation sites is 4. The van der Waals surface area contributed by atoms with Crippen molar-refractivity contribution in [2.75, 3.05) is 47.5 Å². The second-order valence-corrected chi connectivity index (χ2v) is 14.4. The van der Waals surface area contributed by atoms with Crippen molar-refractivity contribution in [2.45, 2.75) is 34.2 Å². The highest BCUT2D eigenvalue weighted by Crippen LogP contribution is 2.33. The number of hydrogen-bond acceptors (Lipinski definition) is 13. The summed E-state index contributed by atoms with van der Waals surface area (Å²) in [5.74, 6) is 1.20. The van der Waals surface area contributed by atoms with Gasteiger partial charge in [-0.05, 0) is 36.1 Å². The van der Waals surface area contributed by atoms with Crippen molar-refractivity contribution in [3.63, 3.8) is 0 Å². The largest absolute Gasteiger partial charge is 0.491 e. The molecular weight excluding hydrogens is 683 g/mol. The Hall–Kier alpha value is -4.59. The summed E-state index contributed by atoms with van der Waals surface area (Å²) in [6, 6.07) is 12.1. The van der Waals surface area contributed by atoms with Crippen LogP contribution in [0.1, 0.15) is 33.5 Å². The Bertz CT molecular complexity index is 1800. The summed E-state index contributed by atoms with van der Waals surface area (Å²) in [5.41, 5.74) is 0.584. The number of urea groups is 2. The normalized spacial score (nSPS) is 11.4. The quantitative estimate of drug-likeness (QED) is 0.131. The smallest absolute Gasteiger partial charge is 0.344 e. The Morgan fingerprint density at radius 3 is 2.08 bits per heavy atom. The minimum atomic E-state index is -4.17. The number of carbonyl (C=O) groups excluding carboxylic acids is 2. The molecule has 0 spiro atoms. The molecule has 0 saturated heterocycles. The van der Waals surface area contributed by atoms with Crippen molar-refractivity contribution in [1.29, 1.82) is 0 Å². The van der Waals surface area contributed by atoms with Crippen LogP contribution in [-0.2, 0) is 16.6 Å². The Labute approximate surface area is 286 Å². The molecule has 4 rings (SSSR count). The summed E-state index contributed by atoms with van der Waals surface area (Å²) in [4.78, 5) is 35.1. The monoisotopic (exact) mass is 719 g/mol. The van der Waals surface area contributed by atoms with E-state index in [1.54, 1.807) is 48.5 Å². The molecule has 19 heteroatoms. The number of benzene rings is 2. The van der Waals surface area contributed by atoms with E-state index in [1.165, 1.54) is 7.11 Å². The van der Waals surface area contributed by atoms with Crippen LogP contribution in [0.5, 0.6) is 17.5 Å². The van der Waals surface area contributed by atoms with Gasteiger partial charge in [-0.3, -0.25) is 10.6 Å². The first-order chi connectivity index (χ1) is 22.8. The van der Waals surface area contributed by atoms with Crippen molar-refractivity contribution in [2.24, 2.45) is 11.8 Å². The van der Waals surface area contributed by atoms with Gasteiger partial charge in [-0.15, -0.1) is 4.37 Å². The summed E-state index contributed by atoms with van der Waals surface area (Å²) >= 11 is 1.69. The third-order valence-corrected chi connectivity index (χ3v) is 8.28. The zero-order chi connectivity index (χ0) is 34.8. The molecule has 0 aliphatic rings. The number of nitrogens with zero attached hydrogens (tertiary/aromatic N) is 6. The standard InChI is InChI=1S/C29H37N9O7S3/c1-18(2)16-44-22-13-9-7-11-20(22)30-25(39)32-27-31-24(35-46-27)15-37(48(6,41)42)38(29(40)34-28-33-26(43-5)36-47-28)21-12-8-10-14-23(21)45-17-19(3)4/h7-14,18-19H,15-17H2,1-6H3,(H,33,34,36,40)(H2,30,31,32,35,39). The lowest BCUT2D eigenvalue weighted by molar-refractivity contribution is 0.241. The number of ether oxygens (including phenoxy) is 3. The number of rotatable bonds is 15. The molecule has 4 amide bonds. The van der Waals surface area contributed by atoms with Gasteiger partial charge in [-0.1, -0.05) is 56.4 Å². The molecule has 0 aliphatic heterocycles. The molecule has 0 fully saturated rings. The number of amides is 4. The fraction of sp³-hybridized carbons (Fsp3) is 0.379. The van der Waals surface area contributed by atoms with Gasteiger partial charge in [0.15, 0.2) is 5.82 Å². The molecule has 0 unspecified atom stereocenters. The summed E-state index contributed by atoms with van der Waals surface area (Å²) in [6.07, 6.45) is 0.941. The minimum Gasteiger partial charge on any atom is -0.491 e. The van der Waals surface area contributed by atoms with Gasteiger partial charge in [0.25, 0.3) is 0 Å². The minimum absolute atomic E-state index is 0.0114. The average molecular weight is 720 g/mol. The molecule has 16 nitrogen and oxygen atoms in total. The second-order valence-electron chi connectivity index (χ2n) is 11.0. The van der Waals surface area contributed by atoms with Gasteiger partial charge in [0.1, 0.15) is 17.2 Å². The molecule has 2 heterocycles. The zero-order valence-corrected chi connectivity index (χ0v) is 29.6. The van der Waals surface area contributed by atoms with Crippen LogP contribution in [0.3, 0.4) is 0 Å². The van der Waals surface area contributed by atoms with E-state index in [-0.39, 0.29) is 45.4 Å². The van der Waals surface area contributed by atoms with E-state index in [0.29, 0.717) is 24.7 Å². The number of hydrogen-bond donors (Lipinski definition) is 3. The third kappa shape index (κ3) is 10.2. The van der Waals surface area contributed by atoms with Crippen molar-refractivity contribution >= 4 is 66.8 Å². The Morgan fingerprint density at radius 2 is 1.44 bits per heavy atom. The average Bonchev–Trinajstić information content (AvgIpc) is 3.68. The maximum atomic E-state index is 13.9. The molecule has 0 aliphatic carbocycles. The Kier molecular flexibility index (Phi) is 12.5. The van der Waals surface area contributed by atoms with Crippen LogP contribution in [0, 0.1) is 11.8 Å². The van der Waals surface area contributed by atoms with Crippen LogP contribution in [0.15, 0.2) is 48.5 Å². The number of hydrazine groups is 1. The highest BCUT2D eigenvalue weighted by Gasteiger charge is 2.34. The summed E-state index contributed by atoms with van der Waals surface area (Å²) in [5, 5.41) is 8.98. The van der Waals surface area contributed by atoms with Gasteiger partial charge >= 0.3 is 18.1 Å². The van der Waals surface area contributed by atoms with E-state index < -0.39 is 28.6 Å². The molecule has 0 radical (unpaired) electrons. The van der Waals surface area contributed by atoms with Crippen LogP contribution in [0.2, 0.25) is 0 Å². The van der Waals surface area contributed by atoms with E-state index in [1.807, 2.05) is 27.7 Å². The van der Waals surface area contributed by atoms with Crippen LogP contribution in [0.4, 0.5) is 31.2 Å². The van der Waals surface area contributed by atoms with Gasteiger partial charge in [0.05, 0.1) is 38.8 Å². The van der Waals surface area contributed by atoms with Crippen LogP contribution in [0.25, 0.3) is 0 Å². The molecule has 48 heavy (non-hydrogen) atoms. The van der Waals surface area contributed by atoms with Gasteiger partial charge < -0.3 is 19.5 Å². The highest BCUT2D eigenvalue weighted by atomic mass is 32.2. The molecular formula is C29H37N9O7S3. The number of anilines is 4. The fourth-order valence-electron chi connectivity index (χ4n) is 3.86. The number of methoxy groups -OCH3 is 1. The Balaban J connectivity index is 1.60. The van der Waals surface area contributed by atoms with E-state index >= 15 is 0 Å². The highest BCUT2D eigenvalue weighted by molar-refractivity contribution is 7.88. The summed E-state index contributed by atoms with van der Waals surface area (Å²) in [7, 11) is -2.79. The molecule has 2 aromatic heterocycles. The molecule has 3 N–H and O–H groups in total. The number of carbonyl (C=O) groups is 2. The summed E-state index contributed by atoms with van der Waals surface area (Å²) < 4.78 is 52.4. The predicted molar refractivity (Wildman–Crippen MR) is 184 cm³/mol. The number of aromatic nitrogens is 4. The fourth-order valence-corrected chi connectivity index (χ4v) is 5.77. The van der Waals surface area contributed by atoms with E-state index in [9.17, 15) is 18.0 Å². The lowest BCUT2D eigenvalue weighted by Gasteiger charge is -2.33. The lowest BCUT2D eigenvalue weighted by Crippen LogP contribution is -2.51. The number of nitrogens with one attached hydrogen (secondary N) is 3. The van der Waals surface area contributed by atoms with Crippen LogP contribution in [-0.4, -0.2) is 70.2 Å². The molecule has 2 aromatic carbocycles. The maximum Gasteiger partial charge on any atom is 0.344 e. The van der Waals surface area contributed by atoms with E-state index in [2.05, 4.69) is 34.7 Å². The SMILES string of the molecule is COc1nsc(NC(=O)N(c2ccccc2OCC(C)C)N(Cc2nsc(NC(=O)Nc3ccccc3OCC(C)C)n2)S(C)(=O)=O)n1. The van der Waals surface area contributed by atoms with Crippen LogP contribution < -0.4 is 35.2 Å². The molecule has 258 valence electrons. The molecule has 4 aromatic rings. The predicted octanol–water partition coefficient (Wildman–Crippen LogP) is 5.53. The molecule has 0 bridgehead atoms. The van der Waals surface area contributed by atoms with Crippen molar-refractivity contribution in [1.82, 2.24) is 23.1 Å². The van der Waals surface area contributed by atoms with Gasteiger partial charge in [0.2, 0.25) is 20.3 Å². The van der Waals surface area contributed by atoms with Crippen molar-refractivity contribution in [3.05, 3.63) is 54.4 Å². The Morgan fingerprint density at radius 1 is 0.833 bits per heavy atom. The van der Waals surface area contributed by atoms with Crippen molar-refractivity contribution in [3.8, 4) is 17.5 Å². The van der Waals surface area contributed by atoms with E-state index in [4.69, 9.17) is 14.2 Å². The zero-order valence-electron chi connectivity index (χ0n) is 27.2. The van der Waals surface area contributed by atoms with Gasteiger partial charge in [-0.25, -0.2) is 28.0 Å². The molecule has 0 atom stereocenters. The maximum absolute atomic E-state index is 13.9. The number of sulfonamides is 1. The van der Waals surface area contributed by atoms with Gasteiger partial charge in [0, 0.05) is 23.1 Å². The van der Waals surface area contributed by atoms with Crippen LogP contribution >= 0.6 is 23.1 Å². The second kappa shape index (κ2) is 16.5.